The van der Waals surface area contributed by atoms with Gasteiger partial charge < -0.3 is 10.4 Å². The van der Waals surface area contributed by atoms with Gasteiger partial charge in [-0.3, -0.25) is 14.2 Å². The van der Waals surface area contributed by atoms with Crippen molar-refractivity contribution in [2.75, 3.05) is 6.54 Å². The number of rotatable bonds is 4. The van der Waals surface area contributed by atoms with Crippen LogP contribution in [0.4, 0.5) is 13.2 Å². The molecule has 1 aromatic heterocycles. The Hall–Kier alpha value is -3.29. The first-order chi connectivity index (χ1) is 13.3. The maximum absolute atomic E-state index is 14.7. The number of aromatic hydroxyl groups is 1. The first-order valence-corrected chi connectivity index (χ1v) is 8.54. The zero-order valence-electron chi connectivity index (χ0n) is 15.1. The summed E-state index contributed by atoms with van der Waals surface area (Å²) in [7, 11) is 0. The molecule has 0 aliphatic carbocycles. The zero-order chi connectivity index (χ0) is 20.6. The number of carbonyl (C=O) groups is 2. The number of hydrogen-bond acceptors (Lipinski definition) is 3. The van der Waals surface area contributed by atoms with Crippen LogP contribution in [0.3, 0.4) is 0 Å². The molecule has 0 bridgehead atoms. The minimum atomic E-state index is -1.26. The third kappa shape index (κ3) is 3.21. The highest BCUT2D eigenvalue weighted by Crippen LogP contribution is 2.35. The molecule has 2 aromatic carbocycles. The van der Waals surface area contributed by atoms with Crippen molar-refractivity contribution in [3.8, 4) is 5.75 Å². The van der Waals surface area contributed by atoms with Gasteiger partial charge in [0.15, 0.2) is 17.4 Å². The minimum Gasteiger partial charge on any atom is -0.503 e. The molecule has 0 atom stereocenters. The van der Waals surface area contributed by atoms with Crippen molar-refractivity contribution in [3.63, 3.8) is 0 Å². The van der Waals surface area contributed by atoms with E-state index in [9.17, 15) is 27.9 Å². The van der Waals surface area contributed by atoms with Crippen LogP contribution < -0.4 is 5.32 Å². The fourth-order valence-electron chi connectivity index (χ4n) is 3.21. The van der Waals surface area contributed by atoms with E-state index in [-0.39, 0.29) is 34.1 Å². The number of phenols is 1. The normalized spacial score (nSPS) is 11.0. The quantitative estimate of drug-likeness (QED) is 0.717. The molecule has 3 rings (SSSR count). The molecule has 0 saturated carbocycles. The number of phenolic OH excluding ortho intramolecular Hbond substituents is 1. The Morgan fingerprint density at radius 1 is 1.18 bits per heavy atom. The second-order valence-corrected chi connectivity index (χ2v) is 6.26. The molecule has 0 fully saturated rings. The maximum atomic E-state index is 14.7. The number of amides is 1. The van der Waals surface area contributed by atoms with E-state index in [1.54, 1.807) is 6.92 Å². The summed E-state index contributed by atoms with van der Waals surface area (Å²) in [5, 5.41) is 12.0. The second-order valence-electron chi connectivity index (χ2n) is 6.26. The van der Waals surface area contributed by atoms with Crippen molar-refractivity contribution in [1.29, 1.82) is 0 Å². The van der Waals surface area contributed by atoms with Crippen LogP contribution in [0.25, 0.3) is 10.9 Å². The molecule has 3 aromatic rings. The SMILES string of the molecule is CCNC(=O)Cc1c(C)n(C(=O)c2cccc(F)c2)c2cc(F)c(O)c(F)c12. The number of carbonyl (C=O) groups excluding carboxylic acids is 2. The summed E-state index contributed by atoms with van der Waals surface area (Å²) in [6.45, 7) is 3.53. The Balaban J connectivity index is 2.29. The molecule has 146 valence electrons. The topological polar surface area (TPSA) is 71.3 Å². The lowest BCUT2D eigenvalue weighted by molar-refractivity contribution is -0.120. The molecule has 0 saturated heterocycles. The van der Waals surface area contributed by atoms with Gasteiger partial charge in [-0.25, -0.2) is 13.2 Å². The van der Waals surface area contributed by atoms with Crippen LogP contribution in [-0.2, 0) is 11.2 Å². The molecule has 1 amide bonds. The second kappa shape index (κ2) is 7.38. The maximum Gasteiger partial charge on any atom is 0.262 e. The number of nitrogens with one attached hydrogen (secondary N) is 1. The predicted molar refractivity (Wildman–Crippen MR) is 96.8 cm³/mol. The Morgan fingerprint density at radius 3 is 2.54 bits per heavy atom. The smallest absolute Gasteiger partial charge is 0.262 e. The van der Waals surface area contributed by atoms with Gasteiger partial charge >= 0.3 is 0 Å². The molecule has 0 unspecified atom stereocenters. The van der Waals surface area contributed by atoms with E-state index in [0.29, 0.717) is 6.54 Å². The van der Waals surface area contributed by atoms with Crippen molar-refractivity contribution < 1.29 is 27.9 Å². The summed E-state index contributed by atoms with van der Waals surface area (Å²) in [6.07, 6.45) is -0.276. The first kappa shape index (κ1) is 19.5. The van der Waals surface area contributed by atoms with Crippen molar-refractivity contribution in [2.45, 2.75) is 20.3 Å². The van der Waals surface area contributed by atoms with Crippen molar-refractivity contribution >= 4 is 22.7 Å². The van der Waals surface area contributed by atoms with Gasteiger partial charge in [0.1, 0.15) is 5.82 Å². The molecule has 28 heavy (non-hydrogen) atoms. The molecule has 8 heteroatoms. The Labute approximate surface area is 158 Å². The predicted octanol–water partition coefficient (Wildman–Crippen LogP) is 3.44. The number of likely N-dealkylation sites (N-methyl/N-ethyl adjacent to an activating group) is 1. The third-order valence-corrected chi connectivity index (χ3v) is 4.47. The highest BCUT2D eigenvalue weighted by Gasteiger charge is 2.27. The molecule has 0 radical (unpaired) electrons. The lowest BCUT2D eigenvalue weighted by Gasteiger charge is -2.08. The van der Waals surface area contributed by atoms with E-state index in [0.717, 1.165) is 22.8 Å². The third-order valence-electron chi connectivity index (χ3n) is 4.47. The van der Waals surface area contributed by atoms with Crippen LogP contribution in [0.5, 0.6) is 5.75 Å². The Bertz CT molecular complexity index is 1110. The fourth-order valence-corrected chi connectivity index (χ4v) is 3.21. The van der Waals surface area contributed by atoms with Gasteiger partial charge in [-0.05, 0) is 37.6 Å². The van der Waals surface area contributed by atoms with E-state index in [4.69, 9.17) is 0 Å². The van der Waals surface area contributed by atoms with E-state index >= 15 is 0 Å². The monoisotopic (exact) mass is 390 g/mol. The Kier molecular flexibility index (Phi) is 5.13. The molecular formula is C20H17F3N2O3. The summed E-state index contributed by atoms with van der Waals surface area (Å²) in [6, 6.07) is 5.69. The first-order valence-electron chi connectivity index (χ1n) is 8.54. The van der Waals surface area contributed by atoms with Crippen LogP contribution >= 0.6 is 0 Å². The molecular weight excluding hydrogens is 373 g/mol. The summed E-state index contributed by atoms with van der Waals surface area (Å²) < 4.78 is 43.2. The standard InChI is InChI=1S/C20H17F3N2O3/c1-3-24-16(26)8-13-10(2)25(20(28)11-5-4-6-12(21)7-11)15-9-14(22)19(27)18(23)17(13)15/h4-7,9,27H,3,8H2,1-2H3,(H,24,26). The zero-order valence-corrected chi connectivity index (χ0v) is 15.1. The van der Waals surface area contributed by atoms with Gasteiger partial charge in [-0.1, -0.05) is 6.07 Å². The molecule has 2 N–H and O–H groups in total. The molecule has 0 aliphatic heterocycles. The molecule has 5 nitrogen and oxygen atoms in total. The van der Waals surface area contributed by atoms with Gasteiger partial charge in [-0.2, -0.15) is 0 Å². The number of nitrogens with zero attached hydrogens (tertiary/aromatic N) is 1. The minimum absolute atomic E-state index is 0.0292. The summed E-state index contributed by atoms with van der Waals surface area (Å²) in [4.78, 5) is 25.0. The van der Waals surface area contributed by atoms with Gasteiger partial charge in [0.25, 0.3) is 5.91 Å². The van der Waals surface area contributed by atoms with Crippen LogP contribution in [0.15, 0.2) is 30.3 Å². The van der Waals surface area contributed by atoms with E-state index in [1.807, 2.05) is 0 Å². The highest BCUT2D eigenvalue weighted by atomic mass is 19.1. The largest absolute Gasteiger partial charge is 0.503 e. The number of fused-ring (bicyclic) bond motifs is 1. The van der Waals surface area contributed by atoms with E-state index < -0.39 is 35.0 Å². The lowest BCUT2D eigenvalue weighted by atomic mass is 10.1. The summed E-state index contributed by atoms with van der Waals surface area (Å²) in [5.74, 6) is -5.49. The van der Waals surface area contributed by atoms with Crippen LogP contribution in [0, 0.1) is 24.4 Å². The molecule has 0 spiro atoms. The van der Waals surface area contributed by atoms with Crippen molar-refractivity contribution in [1.82, 2.24) is 9.88 Å². The lowest BCUT2D eigenvalue weighted by Crippen LogP contribution is -2.25. The average molecular weight is 390 g/mol. The van der Waals surface area contributed by atoms with Crippen LogP contribution in [0.2, 0.25) is 0 Å². The average Bonchev–Trinajstić information content (AvgIpc) is 2.91. The van der Waals surface area contributed by atoms with Crippen molar-refractivity contribution in [2.24, 2.45) is 0 Å². The number of aromatic nitrogens is 1. The van der Waals surface area contributed by atoms with E-state index in [1.165, 1.54) is 19.1 Å². The summed E-state index contributed by atoms with van der Waals surface area (Å²) in [5.41, 5.74) is 0.148. The van der Waals surface area contributed by atoms with Gasteiger partial charge in [0.2, 0.25) is 5.91 Å². The highest BCUT2D eigenvalue weighted by molar-refractivity contribution is 6.05. The van der Waals surface area contributed by atoms with E-state index in [2.05, 4.69) is 5.32 Å². The van der Waals surface area contributed by atoms with Gasteiger partial charge in [0.05, 0.1) is 11.9 Å². The van der Waals surface area contributed by atoms with Crippen LogP contribution in [0.1, 0.15) is 28.5 Å². The number of hydrogen-bond donors (Lipinski definition) is 2. The van der Waals surface area contributed by atoms with Crippen molar-refractivity contribution in [3.05, 3.63) is 64.6 Å². The number of benzene rings is 2. The number of halogens is 3. The van der Waals surface area contributed by atoms with Gasteiger partial charge in [-0.15, -0.1) is 0 Å². The van der Waals surface area contributed by atoms with Gasteiger partial charge in [0, 0.05) is 29.3 Å². The van der Waals surface area contributed by atoms with Crippen LogP contribution in [-0.4, -0.2) is 28.0 Å². The summed E-state index contributed by atoms with van der Waals surface area (Å²) >= 11 is 0. The fraction of sp³-hybridized carbons (Fsp3) is 0.200. The Morgan fingerprint density at radius 2 is 1.89 bits per heavy atom. The molecule has 0 aliphatic rings. The molecule has 1 heterocycles.